The third-order valence-electron chi connectivity index (χ3n) is 2.57. The minimum absolute atomic E-state index is 0.0513. The lowest BCUT2D eigenvalue weighted by Gasteiger charge is -1.90. The van der Waals surface area contributed by atoms with Gasteiger partial charge in [-0.2, -0.15) is 4.98 Å². The number of carboxylic acid groups (broad SMARTS) is 1. The molecule has 96 valence electrons. The van der Waals surface area contributed by atoms with Gasteiger partial charge in [0.2, 0.25) is 5.89 Å². The molecular formula is C12H9N3O3S. The van der Waals surface area contributed by atoms with Gasteiger partial charge in [-0.15, -0.1) is 11.3 Å². The lowest BCUT2D eigenvalue weighted by Crippen LogP contribution is -1.99. The van der Waals surface area contributed by atoms with Crippen LogP contribution in [-0.2, 0) is 0 Å². The molecule has 0 atom stereocenters. The Bertz CT molecular complexity index is 791. The smallest absolute Gasteiger partial charge is 0.354 e. The van der Waals surface area contributed by atoms with Gasteiger partial charge in [0, 0.05) is 0 Å². The van der Waals surface area contributed by atoms with Gasteiger partial charge >= 0.3 is 5.97 Å². The van der Waals surface area contributed by atoms with Crippen LogP contribution in [0.5, 0.6) is 0 Å². The van der Waals surface area contributed by atoms with Crippen LogP contribution < -0.4 is 0 Å². The molecule has 0 aliphatic carbocycles. The maximum atomic E-state index is 10.9. The fraction of sp³-hybridized carbons (Fsp3) is 0.167. The molecule has 0 aliphatic rings. The number of rotatable bonds is 2. The Labute approximate surface area is 111 Å². The van der Waals surface area contributed by atoms with Gasteiger partial charge in [-0.1, -0.05) is 0 Å². The first kappa shape index (κ1) is 11.8. The van der Waals surface area contributed by atoms with Crippen LogP contribution in [0.3, 0.4) is 0 Å². The number of hydrogen-bond donors (Lipinski definition) is 1. The molecule has 19 heavy (non-hydrogen) atoms. The molecule has 0 spiro atoms. The summed E-state index contributed by atoms with van der Waals surface area (Å²) in [5.74, 6) is -0.663. The molecule has 3 aromatic rings. The van der Waals surface area contributed by atoms with Crippen molar-refractivity contribution >= 4 is 28.5 Å². The van der Waals surface area contributed by atoms with Gasteiger partial charge in [-0.05, 0) is 26.0 Å². The maximum Gasteiger partial charge on any atom is 0.354 e. The Morgan fingerprint density at radius 2 is 2.05 bits per heavy atom. The van der Waals surface area contributed by atoms with E-state index < -0.39 is 5.97 Å². The molecule has 0 unspecified atom stereocenters. The molecular weight excluding hydrogens is 266 g/mol. The molecule has 0 bridgehead atoms. The largest absolute Gasteiger partial charge is 0.477 e. The number of carboxylic acids is 1. The number of aromatic nitrogens is 3. The van der Waals surface area contributed by atoms with Crippen LogP contribution in [0.4, 0.5) is 0 Å². The number of carbonyl (C=O) groups is 1. The second kappa shape index (κ2) is 4.13. The predicted molar refractivity (Wildman–Crippen MR) is 69.3 cm³/mol. The summed E-state index contributed by atoms with van der Waals surface area (Å²) in [6.07, 6.45) is 0. The van der Waals surface area contributed by atoms with Crippen LogP contribution in [0.15, 0.2) is 16.5 Å². The number of aryl methyl sites for hydroxylation is 2. The molecule has 3 aromatic heterocycles. The minimum Gasteiger partial charge on any atom is -0.477 e. The van der Waals surface area contributed by atoms with Crippen LogP contribution in [0, 0.1) is 13.8 Å². The van der Waals surface area contributed by atoms with Gasteiger partial charge in [0.05, 0.1) is 10.7 Å². The Morgan fingerprint density at radius 1 is 1.26 bits per heavy atom. The van der Waals surface area contributed by atoms with E-state index in [0.29, 0.717) is 17.1 Å². The fourth-order valence-electron chi connectivity index (χ4n) is 1.76. The van der Waals surface area contributed by atoms with Crippen LogP contribution in [-0.4, -0.2) is 26.0 Å². The summed E-state index contributed by atoms with van der Waals surface area (Å²) in [7, 11) is 0. The number of pyridine rings is 1. The molecule has 0 saturated carbocycles. The van der Waals surface area contributed by atoms with E-state index in [1.165, 1.54) is 17.4 Å². The highest BCUT2D eigenvalue weighted by Crippen LogP contribution is 2.30. The summed E-state index contributed by atoms with van der Waals surface area (Å²) in [4.78, 5) is 24.2. The minimum atomic E-state index is -1.09. The second-order valence-electron chi connectivity index (χ2n) is 3.99. The van der Waals surface area contributed by atoms with Crippen molar-refractivity contribution in [3.63, 3.8) is 0 Å². The number of aromatic carboxylic acids is 1. The van der Waals surface area contributed by atoms with Crippen molar-refractivity contribution in [2.75, 3.05) is 0 Å². The predicted octanol–water partition coefficient (Wildman–Crippen LogP) is 2.66. The van der Waals surface area contributed by atoms with Gasteiger partial charge in [0.25, 0.3) is 0 Å². The van der Waals surface area contributed by atoms with Gasteiger partial charge in [-0.3, -0.25) is 0 Å². The molecule has 0 radical (unpaired) electrons. The Morgan fingerprint density at radius 3 is 2.68 bits per heavy atom. The van der Waals surface area contributed by atoms with Crippen LogP contribution in [0.1, 0.15) is 21.2 Å². The molecule has 1 N–H and O–H groups in total. The van der Waals surface area contributed by atoms with E-state index in [2.05, 4.69) is 15.0 Å². The summed E-state index contributed by atoms with van der Waals surface area (Å²) in [5.41, 5.74) is 1.54. The van der Waals surface area contributed by atoms with Crippen LogP contribution in [0.2, 0.25) is 0 Å². The molecule has 0 amide bonds. The molecule has 7 heteroatoms. The zero-order valence-corrected chi connectivity index (χ0v) is 11.0. The van der Waals surface area contributed by atoms with E-state index in [0.717, 1.165) is 15.6 Å². The van der Waals surface area contributed by atoms with E-state index >= 15 is 0 Å². The number of oxazole rings is 1. The first-order chi connectivity index (χ1) is 9.04. The van der Waals surface area contributed by atoms with Crippen molar-refractivity contribution < 1.29 is 14.3 Å². The van der Waals surface area contributed by atoms with Crippen molar-refractivity contribution in [2.24, 2.45) is 0 Å². The highest BCUT2D eigenvalue weighted by Gasteiger charge is 2.16. The van der Waals surface area contributed by atoms with Crippen LogP contribution in [0.25, 0.3) is 22.0 Å². The lowest BCUT2D eigenvalue weighted by molar-refractivity contribution is 0.0691. The van der Waals surface area contributed by atoms with Crippen LogP contribution >= 0.6 is 11.3 Å². The monoisotopic (exact) mass is 275 g/mol. The Kier molecular flexibility index (Phi) is 2.56. The van der Waals surface area contributed by atoms with E-state index in [9.17, 15) is 4.79 Å². The number of thiazole rings is 1. The molecule has 3 rings (SSSR count). The summed E-state index contributed by atoms with van der Waals surface area (Å²) in [5, 5.41) is 9.81. The summed E-state index contributed by atoms with van der Waals surface area (Å²) in [6.45, 7) is 3.79. The fourth-order valence-corrected chi connectivity index (χ4v) is 2.61. The van der Waals surface area contributed by atoms with Crippen molar-refractivity contribution in [2.45, 2.75) is 13.8 Å². The SMILES string of the molecule is Cc1nc(C)c(-c2nc3nc(C(=O)O)ccc3o2)s1. The summed E-state index contributed by atoms with van der Waals surface area (Å²) in [6, 6.07) is 2.95. The summed E-state index contributed by atoms with van der Waals surface area (Å²) >= 11 is 1.48. The van der Waals surface area contributed by atoms with Crippen molar-refractivity contribution in [3.8, 4) is 10.8 Å². The standard InChI is InChI=1S/C12H9N3O3S/c1-5-9(19-6(2)13-5)11-15-10-8(18-11)4-3-7(14-10)12(16)17/h3-4H,1-2H3,(H,16,17). The molecule has 3 heterocycles. The highest BCUT2D eigenvalue weighted by molar-refractivity contribution is 7.15. The topological polar surface area (TPSA) is 89.1 Å². The molecule has 6 nitrogen and oxygen atoms in total. The number of nitrogens with zero attached hydrogens (tertiary/aromatic N) is 3. The maximum absolute atomic E-state index is 10.9. The Hall–Kier alpha value is -2.28. The van der Waals surface area contributed by atoms with Gasteiger partial charge < -0.3 is 9.52 Å². The number of hydrogen-bond acceptors (Lipinski definition) is 6. The van der Waals surface area contributed by atoms with E-state index in [4.69, 9.17) is 9.52 Å². The third kappa shape index (κ3) is 1.97. The molecule has 0 aliphatic heterocycles. The molecule has 0 fully saturated rings. The third-order valence-corrected chi connectivity index (χ3v) is 3.63. The number of fused-ring (bicyclic) bond motifs is 1. The van der Waals surface area contributed by atoms with Gasteiger partial charge in [0.15, 0.2) is 16.9 Å². The van der Waals surface area contributed by atoms with E-state index in [1.807, 2.05) is 13.8 Å². The highest BCUT2D eigenvalue weighted by atomic mass is 32.1. The average molecular weight is 275 g/mol. The Balaban J connectivity index is 2.16. The van der Waals surface area contributed by atoms with Gasteiger partial charge in [-0.25, -0.2) is 14.8 Å². The molecule has 0 saturated heterocycles. The molecule has 0 aromatic carbocycles. The summed E-state index contributed by atoms with van der Waals surface area (Å²) < 4.78 is 5.59. The normalized spacial score (nSPS) is 11.1. The zero-order valence-electron chi connectivity index (χ0n) is 10.2. The zero-order chi connectivity index (χ0) is 13.6. The lowest BCUT2D eigenvalue weighted by atomic mass is 10.3. The van der Waals surface area contributed by atoms with E-state index in [1.54, 1.807) is 6.07 Å². The van der Waals surface area contributed by atoms with Crippen molar-refractivity contribution in [3.05, 3.63) is 28.5 Å². The first-order valence-electron chi connectivity index (χ1n) is 5.50. The quantitative estimate of drug-likeness (QED) is 0.773. The van der Waals surface area contributed by atoms with Gasteiger partial charge in [0.1, 0.15) is 4.88 Å². The van der Waals surface area contributed by atoms with E-state index in [-0.39, 0.29) is 5.69 Å². The van der Waals surface area contributed by atoms with Crippen molar-refractivity contribution in [1.82, 2.24) is 15.0 Å². The second-order valence-corrected chi connectivity index (χ2v) is 5.19. The first-order valence-corrected chi connectivity index (χ1v) is 6.31. The average Bonchev–Trinajstić information content (AvgIpc) is 2.90. The van der Waals surface area contributed by atoms with Crippen molar-refractivity contribution in [1.29, 1.82) is 0 Å².